The summed E-state index contributed by atoms with van der Waals surface area (Å²) in [5, 5.41) is 0. The smallest absolute Gasteiger partial charge is 0.00900 e. The zero-order valence-electron chi connectivity index (χ0n) is 11.1. The lowest BCUT2D eigenvalue weighted by Gasteiger charge is -2.37. The zero-order valence-corrected chi connectivity index (χ0v) is 11.1. The predicted octanol–water partition coefficient (Wildman–Crippen LogP) is 3.93. The molecule has 1 saturated heterocycles. The van der Waals surface area contributed by atoms with Gasteiger partial charge in [0.05, 0.1) is 0 Å². The SMILES string of the molecule is CCC(CC)N1CCC(CC(C)C)CC1. The number of hydrogen-bond donors (Lipinski definition) is 0. The molecule has 0 amide bonds. The van der Waals surface area contributed by atoms with E-state index >= 15 is 0 Å². The van der Waals surface area contributed by atoms with E-state index < -0.39 is 0 Å². The van der Waals surface area contributed by atoms with Gasteiger partial charge in [-0.15, -0.1) is 0 Å². The standard InChI is InChI=1S/C14H29N/c1-5-14(6-2)15-9-7-13(8-10-15)11-12(3)4/h12-14H,5-11H2,1-4H3. The van der Waals surface area contributed by atoms with Crippen molar-refractivity contribution in [2.45, 2.75) is 65.8 Å². The molecule has 0 aliphatic carbocycles. The number of piperidine rings is 1. The average molecular weight is 211 g/mol. The Bertz CT molecular complexity index is 153. The molecule has 1 aliphatic rings. The van der Waals surface area contributed by atoms with Crippen molar-refractivity contribution in [2.75, 3.05) is 13.1 Å². The molecule has 0 radical (unpaired) electrons. The first-order valence-electron chi connectivity index (χ1n) is 6.91. The Balaban J connectivity index is 2.28. The van der Waals surface area contributed by atoms with Gasteiger partial charge in [0.2, 0.25) is 0 Å². The van der Waals surface area contributed by atoms with E-state index in [0.717, 1.165) is 17.9 Å². The second-order valence-electron chi connectivity index (χ2n) is 5.58. The Kier molecular flexibility index (Phi) is 5.66. The fourth-order valence-corrected chi connectivity index (χ4v) is 3.03. The second-order valence-corrected chi connectivity index (χ2v) is 5.58. The molecule has 0 spiro atoms. The van der Waals surface area contributed by atoms with E-state index in [1.807, 2.05) is 0 Å². The molecular formula is C14H29N. The Morgan fingerprint density at radius 3 is 2.00 bits per heavy atom. The molecule has 0 N–H and O–H groups in total. The molecule has 0 aromatic carbocycles. The molecule has 1 nitrogen and oxygen atoms in total. The summed E-state index contributed by atoms with van der Waals surface area (Å²) in [6.45, 7) is 12.1. The van der Waals surface area contributed by atoms with Gasteiger partial charge in [-0.2, -0.15) is 0 Å². The third-order valence-electron chi connectivity index (χ3n) is 3.91. The topological polar surface area (TPSA) is 3.24 Å². The van der Waals surface area contributed by atoms with Crippen LogP contribution in [0, 0.1) is 11.8 Å². The van der Waals surface area contributed by atoms with Crippen LogP contribution in [0.5, 0.6) is 0 Å². The second kappa shape index (κ2) is 6.52. The molecule has 1 heterocycles. The predicted molar refractivity (Wildman–Crippen MR) is 68.1 cm³/mol. The lowest BCUT2D eigenvalue weighted by molar-refractivity contribution is 0.118. The summed E-state index contributed by atoms with van der Waals surface area (Å²) >= 11 is 0. The molecule has 0 aromatic rings. The van der Waals surface area contributed by atoms with E-state index in [1.165, 1.54) is 45.2 Å². The summed E-state index contributed by atoms with van der Waals surface area (Å²) in [5.74, 6) is 1.89. The van der Waals surface area contributed by atoms with Crippen LogP contribution >= 0.6 is 0 Å². The van der Waals surface area contributed by atoms with Crippen LogP contribution in [0.3, 0.4) is 0 Å². The molecule has 15 heavy (non-hydrogen) atoms. The molecule has 0 saturated carbocycles. The van der Waals surface area contributed by atoms with Crippen LogP contribution in [0.4, 0.5) is 0 Å². The quantitative estimate of drug-likeness (QED) is 0.666. The average Bonchev–Trinajstić information content (AvgIpc) is 2.21. The highest BCUT2D eigenvalue weighted by Gasteiger charge is 2.23. The van der Waals surface area contributed by atoms with Crippen molar-refractivity contribution in [1.82, 2.24) is 4.90 Å². The number of likely N-dealkylation sites (tertiary alicyclic amines) is 1. The van der Waals surface area contributed by atoms with Crippen LogP contribution in [-0.4, -0.2) is 24.0 Å². The van der Waals surface area contributed by atoms with Crippen molar-refractivity contribution in [1.29, 1.82) is 0 Å². The van der Waals surface area contributed by atoms with Crippen LogP contribution < -0.4 is 0 Å². The highest BCUT2D eigenvalue weighted by atomic mass is 15.2. The summed E-state index contributed by atoms with van der Waals surface area (Å²) in [4.78, 5) is 2.72. The Morgan fingerprint density at radius 1 is 1.07 bits per heavy atom. The number of rotatable bonds is 5. The Morgan fingerprint density at radius 2 is 1.60 bits per heavy atom. The Hall–Kier alpha value is -0.0400. The summed E-state index contributed by atoms with van der Waals surface area (Å²) in [6.07, 6.45) is 6.97. The van der Waals surface area contributed by atoms with Gasteiger partial charge in [-0.25, -0.2) is 0 Å². The molecular weight excluding hydrogens is 182 g/mol. The fraction of sp³-hybridized carbons (Fsp3) is 1.00. The van der Waals surface area contributed by atoms with Gasteiger partial charge in [-0.1, -0.05) is 27.7 Å². The van der Waals surface area contributed by atoms with Gasteiger partial charge in [0.1, 0.15) is 0 Å². The van der Waals surface area contributed by atoms with Gasteiger partial charge in [-0.05, 0) is 57.0 Å². The third kappa shape index (κ3) is 4.14. The third-order valence-corrected chi connectivity index (χ3v) is 3.91. The lowest BCUT2D eigenvalue weighted by atomic mass is 9.88. The molecule has 0 aromatic heterocycles. The van der Waals surface area contributed by atoms with Gasteiger partial charge in [0, 0.05) is 6.04 Å². The molecule has 0 unspecified atom stereocenters. The van der Waals surface area contributed by atoms with E-state index in [1.54, 1.807) is 0 Å². The van der Waals surface area contributed by atoms with Gasteiger partial charge in [0.15, 0.2) is 0 Å². The Labute approximate surface area is 96.2 Å². The fourth-order valence-electron chi connectivity index (χ4n) is 3.03. The van der Waals surface area contributed by atoms with E-state index in [4.69, 9.17) is 0 Å². The van der Waals surface area contributed by atoms with Crippen LogP contribution in [0.15, 0.2) is 0 Å². The summed E-state index contributed by atoms with van der Waals surface area (Å²) in [6, 6.07) is 0.852. The van der Waals surface area contributed by atoms with Crippen LogP contribution in [0.2, 0.25) is 0 Å². The van der Waals surface area contributed by atoms with E-state index in [0.29, 0.717) is 0 Å². The first-order chi connectivity index (χ1) is 7.17. The maximum Gasteiger partial charge on any atom is 0.00900 e. The van der Waals surface area contributed by atoms with Crippen LogP contribution in [0.1, 0.15) is 59.8 Å². The molecule has 0 bridgehead atoms. The van der Waals surface area contributed by atoms with Crippen molar-refractivity contribution < 1.29 is 0 Å². The molecule has 1 rings (SSSR count). The summed E-state index contributed by atoms with van der Waals surface area (Å²) in [7, 11) is 0. The van der Waals surface area contributed by atoms with Gasteiger partial charge < -0.3 is 4.90 Å². The minimum atomic E-state index is 0.852. The van der Waals surface area contributed by atoms with Crippen molar-refractivity contribution in [3.8, 4) is 0 Å². The summed E-state index contributed by atoms with van der Waals surface area (Å²) in [5.41, 5.74) is 0. The number of nitrogens with zero attached hydrogens (tertiary/aromatic N) is 1. The van der Waals surface area contributed by atoms with E-state index in [-0.39, 0.29) is 0 Å². The molecule has 0 atom stereocenters. The zero-order chi connectivity index (χ0) is 11.3. The van der Waals surface area contributed by atoms with Crippen molar-refractivity contribution in [3.05, 3.63) is 0 Å². The van der Waals surface area contributed by atoms with Crippen LogP contribution in [-0.2, 0) is 0 Å². The molecule has 1 heteroatoms. The largest absolute Gasteiger partial charge is 0.300 e. The maximum atomic E-state index is 2.72. The van der Waals surface area contributed by atoms with Crippen LogP contribution in [0.25, 0.3) is 0 Å². The first kappa shape index (κ1) is 13.0. The minimum absolute atomic E-state index is 0.852. The normalized spacial score (nSPS) is 20.4. The van der Waals surface area contributed by atoms with Gasteiger partial charge >= 0.3 is 0 Å². The first-order valence-corrected chi connectivity index (χ1v) is 6.91. The van der Waals surface area contributed by atoms with Crippen molar-refractivity contribution >= 4 is 0 Å². The van der Waals surface area contributed by atoms with Gasteiger partial charge in [-0.3, -0.25) is 0 Å². The van der Waals surface area contributed by atoms with Crippen molar-refractivity contribution in [2.24, 2.45) is 11.8 Å². The maximum absolute atomic E-state index is 2.72. The molecule has 1 fully saturated rings. The van der Waals surface area contributed by atoms with Crippen molar-refractivity contribution in [3.63, 3.8) is 0 Å². The number of hydrogen-bond acceptors (Lipinski definition) is 1. The molecule has 90 valence electrons. The molecule has 1 aliphatic heterocycles. The summed E-state index contributed by atoms with van der Waals surface area (Å²) < 4.78 is 0. The highest BCUT2D eigenvalue weighted by molar-refractivity contribution is 4.77. The van der Waals surface area contributed by atoms with Gasteiger partial charge in [0.25, 0.3) is 0 Å². The highest BCUT2D eigenvalue weighted by Crippen LogP contribution is 2.26. The van der Waals surface area contributed by atoms with E-state index in [9.17, 15) is 0 Å². The lowest BCUT2D eigenvalue weighted by Crippen LogP contribution is -2.41. The monoisotopic (exact) mass is 211 g/mol. The minimum Gasteiger partial charge on any atom is -0.300 e. The van der Waals surface area contributed by atoms with E-state index in [2.05, 4.69) is 32.6 Å².